The number of hydrogen-bond acceptors (Lipinski definition) is 1. The van der Waals surface area contributed by atoms with Crippen LogP contribution in [0.1, 0.15) is 25.0 Å². The standard InChI is InChI=1S/C63H46N2/c1-63(2)56-32-16-14-27-51(56)55-31-19-35-59(62(55)63)65(58-34-18-30-50(45-22-8-4-9-23-45)61(58)54-29-13-12-26-49(54)44-20-6-3-7-21-44)48-39-36-43(37-40-48)46-38-41-53-52-28-15-17-33-57(52)64(60(53)42-46)47-24-10-5-11-25-47/h3-42H,1-2H3. The Bertz CT molecular complexity index is 3550. The van der Waals surface area contributed by atoms with Gasteiger partial charge < -0.3 is 9.47 Å². The Morgan fingerprint density at radius 2 is 0.892 bits per heavy atom. The highest BCUT2D eigenvalue weighted by Crippen LogP contribution is 2.56. The second-order valence-corrected chi connectivity index (χ2v) is 17.6. The average molecular weight is 831 g/mol. The quantitative estimate of drug-likeness (QED) is 0.148. The van der Waals surface area contributed by atoms with E-state index in [9.17, 15) is 0 Å². The Kier molecular flexibility index (Phi) is 9.21. The third-order valence-electron chi connectivity index (χ3n) is 13.6. The summed E-state index contributed by atoms with van der Waals surface area (Å²) < 4.78 is 2.40. The second-order valence-electron chi connectivity index (χ2n) is 17.6. The molecular formula is C63H46N2. The van der Waals surface area contributed by atoms with Gasteiger partial charge in [0.05, 0.1) is 22.4 Å². The van der Waals surface area contributed by atoms with E-state index in [1.54, 1.807) is 0 Å². The van der Waals surface area contributed by atoms with Crippen LogP contribution < -0.4 is 4.90 Å². The summed E-state index contributed by atoms with van der Waals surface area (Å²) in [4.78, 5) is 2.54. The van der Waals surface area contributed by atoms with E-state index in [0.717, 1.165) is 17.1 Å². The summed E-state index contributed by atoms with van der Waals surface area (Å²) in [6.07, 6.45) is 0. The van der Waals surface area contributed by atoms with E-state index in [4.69, 9.17) is 0 Å². The van der Waals surface area contributed by atoms with Gasteiger partial charge in [0, 0.05) is 33.1 Å². The molecular weight excluding hydrogens is 785 g/mol. The maximum Gasteiger partial charge on any atom is 0.0547 e. The summed E-state index contributed by atoms with van der Waals surface area (Å²) >= 11 is 0. The lowest BCUT2D eigenvalue weighted by molar-refractivity contribution is 0.661. The molecule has 1 aromatic heterocycles. The van der Waals surface area contributed by atoms with Crippen LogP contribution in [0.5, 0.6) is 0 Å². The molecule has 308 valence electrons. The summed E-state index contributed by atoms with van der Waals surface area (Å²) in [5, 5.41) is 2.51. The predicted octanol–water partition coefficient (Wildman–Crippen LogP) is 17.2. The lowest BCUT2D eigenvalue weighted by Crippen LogP contribution is -2.21. The molecule has 1 aliphatic carbocycles. The van der Waals surface area contributed by atoms with Crippen molar-refractivity contribution in [2.75, 3.05) is 4.90 Å². The molecule has 2 nitrogen and oxygen atoms in total. The number of rotatable bonds is 8. The molecule has 11 aromatic rings. The fourth-order valence-corrected chi connectivity index (χ4v) is 10.7. The summed E-state index contributed by atoms with van der Waals surface area (Å²) in [7, 11) is 0. The van der Waals surface area contributed by atoms with Crippen molar-refractivity contribution in [2.24, 2.45) is 0 Å². The number of hydrogen-bond donors (Lipinski definition) is 0. The molecule has 0 N–H and O–H groups in total. The zero-order chi connectivity index (χ0) is 43.5. The van der Waals surface area contributed by atoms with Crippen molar-refractivity contribution in [3.63, 3.8) is 0 Å². The molecule has 0 unspecified atom stereocenters. The van der Waals surface area contributed by atoms with Gasteiger partial charge in [0.2, 0.25) is 0 Å². The van der Waals surface area contributed by atoms with Crippen LogP contribution in [0.4, 0.5) is 17.1 Å². The number of anilines is 3. The van der Waals surface area contributed by atoms with E-state index in [1.807, 2.05) is 0 Å². The minimum absolute atomic E-state index is 0.244. The van der Waals surface area contributed by atoms with E-state index in [-0.39, 0.29) is 5.41 Å². The van der Waals surface area contributed by atoms with Crippen molar-refractivity contribution < 1.29 is 0 Å². The smallest absolute Gasteiger partial charge is 0.0547 e. The number of nitrogens with zero attached hydrogens (tertiary/aromatic N) is 2. The maximum absolute atomic E-state index is 2.54. The Hall–Kier alpha value is -8.20. The molecule has 0 saturated heterocycles. The van der Waals surface area contributed by atoms with Crippen molar-refractivity contribution in [3.05, 3.63) is 254 Å². The molecule has 0 saturated carbocycles. The Labute approximate surface area is 381 Å². The van der Waals surface area contributed by atoms with Gasteiger partial charge >= 0.3 is 0 Å². The van der Waals surface area contributed by atoms with Crippen molar-refractivity contribution in [3.8, 4) is 61.3 Å². The van der Waals surface area contributed by atoms with Gasteiger partial charge in [0.15, 0.2) is 0 Å². The van der Waals surface area contributed by atoms with E-state index < -0.39 is 0 Å². The summed E-state index contributed by atoms with van der Waals surface area (Å²) in [5.74, 6) is 0. The van der Waals surface area contributed by atoms with Crippen LogP contribution in [-0.4, -0.2) is 4.57 Å². The van der Waals surface area contributed by atoms with Crippen LogP contribution in [0, 0.1) is 0 Å². The zero-order valence-electron chi connectivity index (χ0n) is 36.5. The van der Waals surface area contributed by atoms with E-state index >= 15 is 0 Å². The molecule has 0 bridgehead atoms. The molecule has 2 heteroatoms. The van der Waals surface area contributed by atoms with Gasteiger partial charge in [-0.25, -0.2) is 0 Å². The van der Waals surface area contributed by atoms with Crippen molar-refractivity contribution in [1.29, 1.82) is 0 Å². The van der Waals surface area contributed by atoms with E-state index in [2.05, 4.69) is 266 Å². The maximum atomic E-state index is 2.54. The van der Waals surface area contributed by atoms with Gasteiger partial charge in [-0.05, 0) is 110 Å². The SMILES string of the molecule is CC1(C)c2ccccc2-c2cccc(N(c3ccc(-c4ccc5c6ccccc6n(-c6ccccc6)c5c4)cc3)c3cccc(-c4ccccc4)c3-c3ccccc3-c3ccccc3)c21. The summed E-state index contributed by atoms with van der Waals surface area (Å²) in [6.45, 7) is 4.78. The van der Waals surface area contributed by atoms with Crippen molar-refractivity contribution in [2.45, 2.75) is 19.3 Å². The van der Waals surface area contributed by atoms with Gasteiger partial charge in [-0.1, -0.05) is 208 Å². The monoisotopic (exact) mass is 830 g/mol. The molecule has 1 heterocycles. The lowest BCUT2D eigenvalue weighted by atomic mass is 9.81. The molecule has 0 radical (unpaired) electrons. The van der Waals surface area contributed by atoms with Crippen LogP contribution in [0.15, 0.2) is 243 Å². The summed E-state index contributed by atoms with van der Waals surface area (Å²) in [5.41, 5.74) is 21.5. The van der Waals surface area contributed by atoms with Gasteiger partial charge in [-0.2, -0.15) is 0 Å². The van der Waals surface area contributed by atoms with E-state index in [1.165, 1.54) is 94.3 Å². The minimum atomic E-state index is -0.244. The highest BCUT2D eigenvalue weighted by molar-refractivity contribution is 6.10. The molecule has 1 aliphatic rings. The Morgan fingerprint density at radius 3 is 1.63 bits per heavy atom. The predicted molar refractivity (Wildman–Crippen MR) is 275 cm³/mol. The molecule has 0 atom stereocenters. The molecule has 0 aliphatic heterocycles. The topological polar surface area (TPSA) is 8.17 Å². The Balaban J connectivity index is 1.09. The first-order valence-corrected chi connectivity index (χ1v) is 22.6. The molecule has 0 fully saturated rings. The van der Waals surface area contributed by atoms with Gasteiger partial charge in [-0.15, -0.1) is 0 Å². The normalized spacial score (nSPS) is 12.6. The lowest BCUT2D eigenvalue weighted by Gasteiger charge is -2.34. The first kappa shape index (κ1) is 38.5. The number of benzene rings is 10. The van der Waals surface area contributed by atoms with Crippen LogP contribution >= 0.6 is 0 Å². The first-order chi connectivity index (χ1) is 32.0. The molecule has 0 spiro atoms. The minimum Gasteiger partial charge on any atom is -0.310 e. The number of aromatic nitrogens is 1. The fourth-order valence-electron chi connectivity index (χ4n) is 10.7. The van der Waals surface area contributed by atoms with Gasteiger partial charge in [-0.3, -0.25) is 0 Å². The zero-order valence-corrected chi connectivity index (χ0v) is 36.5. The van der Waals surface area contributed by atoms with Crippen LogP contribution in [0.2, 0.25) is 0 Å². The number of para-hydroxylation sites is 2. The van der Waals surface area contributed by atoms with Crippen LogP contribution in [-0.2, 0) is 5.41 Å². The second kappa shape index (κ2) is 15.6. The highest BCUT2D eigenvalue weighted by Gasteiger charge is 2.39. The molecule has 65 heavy (non-hydrogen) atoms. The highest BCUT2D eigenvalue weighted by atomic mass is 15.1. The Morgan fingerprint density at radius 1 is 0.354 bits per heavy atom. The first-order valence-electron chi connectivity index (χ1n) is 22.6. The largest absolute Gasteiger partial charge is 0.310 e. The third kappa shape index (κ3) is 6.32. The van der Waals surface area contributed by atoms with Crippen LogP contribution in [0.3, 0.4) is 0 Å². The van der Waals surface area contributed by atoms with Crippen molar-refractivity contribution in [1.82, 2.24) is 4.57 Å². The van der Waals surface area contributed by atoms with E-state index in [0.29, 0.717) is 0 Å². The molecule has 0 amide bonds. The van der Waals surface area contributed by atoms with Crippen LogP contribution in [0.25, 0.3) is 83.1 Å². The average Bonchev–Trinajstić information content (AvgIpc) is 3.83. The third-order valence-corrected chi connectivity index (χ3v) is 13.6. The number of fused-ring (bicyclic) bond motifs is 6. The molecule has 12 rings (SSSR count). The fraction of sp³-hybridized carbons (Fsp3) is 0.0476. The van der Waals surface area contributed by atoms with Crippen molar-refractivity contribution >= 4 is 38.9 Å². The van der Waals surface area contributed by atoms with Gasteiger partial charge in [0.25, 0.3) is 0 Å². The molecule has 10 aromatic carbocycles. The summed E-state index contributed by atoms with van der Waals surface area (Å²) in [6, 6.07) is 88.9. The van der Waals surface area contributed by atoms with Gasteiger partial charge in [0.1, 0.15) is 0 Å².